The molecular formula is C8H15N3O5S. The summed E-state index contributed by atoms with van der Waals surface area (Å²) in [4.78, 5) is 40.6. The number of hydrogen-bond donors (Lipinski definition) is 3. The molecule has 0 aromatic carbocycles. The molecule has 0 saturated carbocycles. The van der Waals surface area contributed by atoms with E-state index >= 15 is 0 Å². The highest BCUT2D eigenvalue weighted by molar-refractivity contribution is 7.98. The minimum absolute atomic E-state index is 0.414. The number of primary amides is 1. The van der Waals surface area contributed by atoms with Crippen molar-refractivity contribution >= 4 is 29.7 Å². The van der Waals surface area contributed by atoms with E-state index in [0.717, 1.165) is 0 Å². The zero-order valence-corrected chi connectivity index (χ0v) is 10.1. The third kappa shape index (κ3) is 8.34. The van der Waals surface area contributed by atoms with Crippen LogP contribution in [0.4, 0.5) is 4.79 Å². The van der Waals surface area contributed by atoms with Gasteiger partial charge in [-0.1, -0.05) is 0 Å². The molecule has 0 aliphatic heterocycles. The number of urea groups is 1. The molecule has 1 atom stereocenters. The average molecular weight is 265 g/mol. The van der Waals surface area contributed by atoms with Gasteiger partial charge in [0.05, 0.1) is 0 Å². The molecule has 5 N–H and O–H groups in total. The molecule has 0 aromatic rings. The summed E-state index contributed by atoms with van der Waals surface area (Å²) in [5.74, 6) is -1.10. The summed E-state index contributed by atoms with van der Waals surface area (Å²) in [6, 6.07) is -1.73. The Labute approximate surface area is 102 Å². The van der Waals surface area contributed by atoms with E-state index in [-0.39, 0.29) is 0 Å². The molecule has 0 aromatic heterocycles. The highest BCUT2D eigenvalue weighted by Gasteiger charge is 2.18. The molecule has 2 amide bonds. The molecule has 8 nitrogen and oxygen atoms in total. The first kappa shape index (κ1) is 15.5. The summed E-state index contributed by atoms with van der Waals surface area (Å²) in [6.07, 6.45) is 2.28. The van der Waals surface area contributed by atoms with Crippen molar-refractivity contribution in [2.45, 2.75) is 12.5 Å². The average Bonchev–Trinajstić information content (AvgIpc) is 2.30. The van der Waals surface area contributed by atoms with Gasteiger partial charge in [0, 0.05) is 0 Å². The van der Waals surface area contributed by atoms with E-state index < -0.39 is 30.6 Å². The minimum atomic E-state index is -0.950. The number of carbonyl (C=O) groups excluding carboxylic acids is 3. The number of hydrogen-bond acceptors (Lipinski definition) is 7. The highest BCUT2D eigenvalue weighted by atomic mass is 32.2. The minimum Gasteiger partial charge on any atom is -0.352 e. The molecule has 0 aliphatic rings. The zero-order chi connectivity index (χ0) is 13.3. The largest absolute Gasteiger partial charge is 0.374 e. The first-order valence-electron chi connectivity index (χ1n) is 4.66. The van der Waals surface area contributed by atoms with Crippen LogP contribution in [0.25, 0.3) is 0 Å². The van der Waals surface area contributed by atoms with Crippen molar-refractivity contribution in [2.24, 2.45) is 11.5 Å². The molecule has 98 valence electrons. The second-order valence-corrected chi connectivity index (χ2v) is 3.95. The number of amides is 2. The van der Waals surface area contributed by atoms with Crippen LogP contribution in [0.15, 0.2) is 0 Å². The quantitative estimate of drug-likeness (QED) is 0.403. The molecule has 0 aliphatic carbocycles. The number of carbonyl (C=O) groups is 3. The molecule has 1 unspecified atom stereocenters. The van der Waals surface area contributed by atoms with Crippen LogP contribution in [-0.2, 0) is 19.4 Å². The predicted molar refractivity (Wildman–Crippen MR) is 60.7 cm³/mol. The van der Waals surface area contributed by atoms with E-state index in [1.165, 1.54) is 11.8 Å². The lowest BCUT2D eigenvalue weighted by Gasteiger charge is -2.08. The Morgan fingerprint density at radius 3 is 2.53 bits per heavy atom. The van der Waals surface area contributed by atoms with Crippen LogP contribution in [0.2, 0.25) is 0 Å². The fraction of sp³-hybridized carbons (Fsp3) is 0.625. The van der Waals surface area contributed by atoms with Gasteiger partial charge in [0.1, 0.15) is 12.6 Å². The summed E-state index contributed by atoms with van der Waals surface area (Å²) in [7, 11) is 0. The lowest BCUT2D eigenvalue weighted by Crippen LogP contribution is -2.37. The molecule has 0 rings (SSSR count). The van der Waals surface area contributed by atoms with Gasteiger partial charge in [-0.2, -0.15) is 11.8 Å². The normalized spacial score (nSPS) is 11.4. The third-order valence-electron chi connectivity index (χ3n) is 1.56. The van der Waals surface area contributed by atoms with Crippen LogP contribution in [0, 0.1) is 0 Å². The van der Waals surface area contributed by atoms with Crippen molar-refractivity contribution < 1.29 is 24.2 Å². The molecule has 0 radical (unpaired) electrons. The van der Waals surface area contributed by atoms with E-state index in [1.54, 1.807) is 0 Å². The maximum Gasteiger partial charge on any atom is 0.374 e. The molecule has 0 heterocycles. The van der Waals surface area contributed by atoms with Gasteiger partial charge in [0.15, 0.2) is 0 Å². The Balaban J connectivity index is 3.75. The van der Waals surface area contributed by atoms with Gasteiger partial charge in [-0.3, -0.25) is 0 Å². The Kier molecular flexibility index (Phi) is 7.89. The first-order chi connectivity index (χ1) is 7.97. The first-order valence-corrected chi connectivity index (χ1v) is 6.05. The van der Waals surface area contributed by atoms with Crippen LogP contribution in [-0.4, -0.2) is 42.6 Å². The number of nitrogens with two attached hydrogens (primary N) is 2. The second-order valence-electron chi connectivity index (χ2n) is 2.96. The lowest BCUT2D eigenvalue weighted by molar-refractivity contribution is -0.259. The van der Waals surface area contributed by atoms with Gasteiger partial charge in [-0.25, -0.2) is 24.2 Å². The van der Waals surface area contributed by atoms with Crippen molar-refractivity contribution in [3.8, 4) is 0 Å². The Bertz CT molecular complexity index is 286. The number of rotatable bonds is 6. The fourth-order valence-electron chi connectivity index (χ4n) is 0.701. The summed E-state index contributed by atoms with van der Waals surface area (Å²) >= 11 is 1.53. The lowest BCUT2D eigenvalue weighted by atomic mass is 10.2. The van der Waals surface area contributed by atoms with Crippen LogP contribution in [0.3, 0.4) is 0 Å². The van der Waals surface area contributed by atoms with Crippen LogP contribution in [0.1, 0.15) is 6.42 Å². The molecular weight excluding hydrogens is 250 g/mol. The van der Waals surface area contributed by atoms with Crippen LogP contribution >= 0.6 is 11.8 Å². The maximum absolute atomic E-state index is 11.1. The summed E-state index contributed by atoms with van der Waals surface area (Å²) < 4.78 is 0. The van der Waals surface area contributed by atoms with Crippen molar-refractivity contribution in [3.63, 3.8) is 0 Å². The highest BCUT2D eigenvalue weighted by Crippen LogP contribution is 2.00. The van der Waals surface area contributed by atoms with Gasteiger partial charge in [-0.15, -0.1) is 0 Å². The van der Waals surface area contributed by atoms with Gasteiger partial charge in [0.2, 0.25) is 0 Å². The topological polar surface area (TPSA) is 134 Å². The van der Waals surface area contributed by atoms with E-state index in [4.69, 9.17) is 11.5 Å². The molecule has 0 spiro atoms. The van der Waals surface area contributed by atoms with E-state index in [2.05, 4.69) is 9.78 Å². The number of nitrogens with one attached hydrogen (secondary N) is 1. The molecule has 0 fully saturated rings. The smallest absolute Gasteiger partial charge is 0.352 e. The third-order valence-corrected chi connectivity index (χ3v) is 2.20. The maximum atomic E-state index is 11.1. The molecule has 17 heavy (non-hydrogen) atoms. The Hall–Kier alpha value is -1.48. The molecule has 0 bridgehead atoms. The Morgan fingerprint density at radius 2 is 2.00 bits per heavy atom. The van der Waals surface area contributed by atoms with Gasteiger partial charge >= 0.3 is 18.0 Å². The van der Waals surface area contributed by atoms with Gasteiger partial charge < -0.3 is 16.8 Å². The van der Waals surface area contributed by atoms with E-state index in [0.29, 0.717) is 12.2 Å². The molecule has 9 heteroatoms. The van der Waals surface area contributed by atoms with Gasteiger partial charge in [-0.05, 0) is 18.4 Å². The summed E-state index contributed by atoms with van der Waals surface area (Å²) in [5.41, 5.74) is 10.2. The zero-order valence-electron chi connectivity index (χ0n) is 9.30. The fourth-order valence-corrected chi connectivity index (χ4v) is 1.19. The second kappa shape index (κ2) is 8.65. The van der Waals surface area contributed by atoms with Crippen molar-refractivity contribution in [1.82, 2.24) is 5.32 Å². The summed E-state index contributed by atoms with van der Waals surface area (Å²) in [5, 5.41) is 1.97. The standard InChI is InChI=1S/C8H15N3O5S/c1-17-3-2-5(9)7(13)16-15-6(12)4-11-8(10)14/h5H,2-4,9H2,1H3,(H3,10,11,14). The van der Waals surface area contributed by atoms with Crippen LogP contribution in [0.5, 0.6) is 0 Å². The van der Waals surface area contributed by atoms with E-state index in [9.17, 15) is 14.4 Å². The predicted octanol–water partition coefficient (Wildman–Crippen LogP) is -1.26. The molecule has 0 saturated heterocycles. The van der Waals surface area contributed by atoms with Gasteiger partial charge in [0.25, 0.3) is 0 Å². The van der Waals surface area contributed by atoms with E-state index in [1.807, 2.05) is 11.6 Å². The summed E-state index contributed by atoms with van der Waals surface area (Å²) in [6.45, 7) is -0.483. The van der Waals surface area contributed by atoms with Crippen molar-refractivity contribution in [2.75, 3.05) is 18.6 Å². The monoisotopic (exact) mass is 265 g/mol. The van der Waals surface area contributed by atoms with Crippen molar-refractivity contribution in [3.05, 3.63) is 0 Å². The Morgan fingerprint density at radius 1 is 1.35 bits per heavy atom. The SMILES string of the molecule is CSCCC(N)C(=O)OOC(=O)CNC(N)=O. The van der Waals surface area contributed by atoms with Crippen molar-refractivity contribution in [1.29, 1.82) is 0 Å². The van der Waals surface area contributed by atoms with Crippen LogP contribution < -0.4 is 16.8 Å². The number of thioether (sulfide) groups is 1.